The van der Waals surface area contributed by atoms with Crippen molar-refractivity contribution in [1.82, 2.24) is 4.90 Å². The number of likely N-dealkylation sites (tertiary alicyclic amines) is 1. The Morgan fingerprint density at radius 1 is 1.07 bits per heavy atom. The predicted molar refractivity (Wildman–Crippen MR) is 108 cm³/mol. The molecule has 3 rings (SSSR count). The van der Waals surface area contributed by atoms with Crippen LogP contribution in [-0.2, 0) is 5.75 Å². The first-order valence-corrected chi connectivity index (χ1v) is 10.3. The van der Waals surface area contributed by atoms with Crippen LogP contribution in [0.1, 0.15) is 47.2 Å². The third-order valence-corrected chi connectivity index (χ3v) is 5.94. The third-order valence-electron chi connectivity index (χ3n) is 4.81. The van der Waals surface area contributed by atoms with Crippen LogP contribution in [0.25, 0.3) is 0 Å². The summed E-state index contributed by atoms with van der Waals surface area (Å²) in [5.74, 6) is 0.552. The molecule has 0 saturated carbocycles. The van der Waals surface area contributed by atoms with Crippen LogP contribution in [0.2, 0.25) is 0 Å². The Balaban J connectivity index is 1.76. The van der Waals surface area contributed by atoms with Gasteiger partial charge < -0.3 is 4.90 Å². The second-order valence-electron chi connectivity index (χ2n) is 6.92. The van der Waals surface area contributed by atoms with E-state index < -0.39 is 4.92 Å². The normalized spacial score (nSPS) is 14.6. The average molecular weight is 385 g/mol. The molecule has 142 valence electrons. The lowest BCUT2D eigenvalue weighted by atomic mass is 10.1. The van der Waals surface area contributed by atoms with E-state index in [1.807, 2.05) is 36.1 Å². The van der Waals surface area contributed by atoms with Gasteiger partial charge in [-0.15, -0.1) is 11.8 Å². The molecule has 0 radical (unpaired) electrons. The van der Waals surface area contributed by atoms with Crippen molar-refractivity contribution in [1.29, 1.82) is 0 Å². The predicted octanol–water partition coefficient (Wildman–Crippen LogP) is 5.21. The summed E-state index contributed by atoms with van der Waals surface area (Å²) in [7, 11) is 0. The van der Waals surface area contributed by atoms with Gasteiger partial charge in [-0.3, -0.25) is 14.9 Å². The fourth-order valence-corrected chi connectivity index (χ4v) is 4.18. The number of carbonyl (C=O) groups excluding carboxylic acids is 1. The number of rotatable bonds is 5. The maximum Gasteiger partial charge on any atom is 0.283 e. The Kier molecular flexibility index (Phi) is 6.50. The molecule has 0 bridgehead atoms. The molecule has 2 aromatic rings. The van der Waals surface area contributed by atoms with Crippen LogP contribution in [0, 0.1) is 17.0 Å². The van der Waals surface area contributed by atoms with Gasteiger partial charge in [0, 0.05) is 30.5 Å². The van der Waals surface area contributed by atoms with Crippen LogP contribution in [0.4, 0.5) is 5.69 Å². The SMILES string of the molecule is Cc1ccc(CSc2ccc(C(=O)N3CCCCCC3)cc2[N+](=O)[O-])cc1. The zero-order valence-electron chi connectivity index (χ0n) is 15.5. The number of hydrogen-bond donors (Lipinski definition) is 0. The fraction of sp³-hybridized carbons (Fsp3) is 0.381. The van der Waals surface area contributed by atoms with Gasteiger partial charge in [-0.2, -0.15) is 0 Å². The standard InChI is InChI=1S/C21H24N2O3S/c1-16-6-8-17(9-7-16)15-27-20-11-10-18(14-19(20)23(25)26)21(24)22-12-4-2-3-5-13-22/h6-11,14H,2-5,12-13,15H2,1H3. The Hall–Kier alpha value is -2.34. The average Bonchev–Trinajstić information content (AvgIpc) is 2.96. The molecule has 27 heavy (non-hydrogen) atoms. The molecule has 0 spiro atoms. The van der Waals surface area contributed by atoms with Gasteiger partial charge in [0.25, 0.3) is 11.6 Å². The van der Waals surface area contributed by atoms with Crippen molar-refractivity contribution in [2.45, 2.75) is 43.3 Å². The quantitative estimate of drug-likeness (QED) is 0.403. The first kappa shape index (κ1) is 19.4. The Bertz CT molecular complexity index is 813. The van der Waals surface area contributed by atoms with Crippen molar-refractivity contribution in [3.05, 3.63) is 69.3 Å². The zero-order valence-corrected chi connectivity index (χ0v) is 16.3. The highest BCUT2D eigenvalue weighted by molar-refractivity contribution is 7.98. The van der Waals surface area contributed by atoms with Gasteiger partial charge in [-0.05, 0) is 37.5 Å². The van der Waals surface area contributed by atoms with Gasteiger partial charge in [0.1, 0.15) is 0 Å². The van der Waals surface area contributed by atoms with Gasteiger partial charge in [-0.1, -0.05) is 42.7 Å². The Labute approximate surface area is 163 Å². The molecule has 5 nitrogen and oxygen atoms in total. The van der Waals surface area contributed by atoms with Crippen LogP contribution in [0.15, 0.2) is 47.4 Å². The van der Waals surface area contributed by atoms with Gasteiger partial charge in [0.2, 0.25) is 0 Å². The molecular weight excluding hydrogens is 360 g/mol. The first-order chi connectivity index (χ1) is 13.0. The van der Waals surface area contributed by atoms with Crippen LogP contribution < -0.4 is 0 Å². The molecule has 1 heterocycles. The highest BCUT2D eigenvalue weighted by atomic mass is 32.2. The Morgan fingerprint density at radius 3 is 2.37 bits per heavy atom. The van der Waals surface area contributed by atoms with E-state index in [0.29, 0.717) is 16.2 Å². The topological polar surface area (TPSA) is 63.5 Å². The van der Waals surface area contributed by atoms with Crippen LogP contribution in [-0.4, -0.2) is 28.8 Å². The highest BCUT2D eigenvalue weighted by Crippen LogP contribution is 2.33. The second kappa shape index (κ2) is 9.04. The van der Waals surface area contributed by atoms with Crippen LogP contribution in [0.3, 0.4) is 0 Å². The number of nitro groups is 1. The molecule has 1 amide bonds. The molecule has 0 aliphatic carbocycles. The lowest BCUT2D eigenvalue weighted by molar-refractivity contribution is -0.387. The number of thioether (sulfide) groups is 1. The Morgan fingerprint density at radius 2 is 1.74 bits per heavy atom. The van der Waals surface area contributed by atoms with Crippen molar-refractivity contribution >= 4 is 23.4 Å². The fourth-order valence-electron chi connectivity index (χ4n) is 3.22. The summed E-state index contributed by atoms with van der Waals surface area (Å²) in [4.78, 5) is 26.3. The smallest absolute Gasteiger partial charge is 0.283 e. The number of nitrogens with zero attached hydrogens (tertiary/aromatic N) is 2. The molecule has 2 aromatic carbocycles. The van der Waals surface area contributed by atoms with Gasteiger partial charge in [0.05, 0.1) is 9.82 Å². The van der Waals surface area contributed by atoms with E-state index >= 15 is 0 Å². The van der Waals surface area contributed by atoms with E-state index in [0.717, 1.165) is 44.3 Å². The lowest BCUT2D eigenvalue weighted by Crippen LogP contribution is -2.31. The summed E-state index contributed by atoms with van der Waals surface area (Å²) in [6, 6.07) is 13.0. The lowest BCUT2D eigenvalue weighted by Gasteiger charge is -2.20. The van der Waals surface area contributed by atoms with E-state index in [2.05, 4.69) is 0 Å². The summed E-state index contributed by atoms with van der Waals surface area (Å²) in [6.45, 7) is 3.49. The summed E-state index contributed by atoms with van der Waals surface area (Å²) in [5, 5.41) is 11.6. The minimum Gasteiger partial charge on any atom is -0.339 e. The van der Waals surface area contributed by atoms with E-state index in [4.69, 9.17) is 0 Å². The second-order valence-corrected chi connectivity index (χ2v) is 7.94. The molecular formula is C21H24N2O3S. The number of benzene rings is 2. The molecule has 1 aliphatic heterocycles. The minimum atomic E-state index is -0.392. The van der Waals surface area contributed by atoms with Gasteiger partial charge >= 0.3 is 0 Å². The van der Waals surface area contributed by atoms with E-state index in [-0.39, 0.29) is 11.6 Å². The maximum atomic E-state index is 12.7. The molecule has 1 fully saturated rings. The van der Waals surface area contributed by atoms with Crippen molar-refractivity contribution < 1.29 is 9.72 Å². The molecule has 0 N–H and O–H groups in total. The summed E-state index contributed by atoms with van der Waals surface area (Å²) in [6.07, 6.45) is 4.27. The zero-order chi connectivity index (χ0) is 19.2. The number of hydrogen-bond acceptors (Lipinski definition) is 4. The van der Waals surface area contributed by atoms with Crippen molar-refractivity contribution in [2.24, 2.45) is 0 Å². The summed E-state index contributed by atoms with van der Waals surface area (Å²) >= 11 is 1.43. The van der Waals surface area contributed by atoms with Crippen molar-refractivity contribution in [3.63, 3.8) is 0 Å². The molecule has 6 heteroatoms. The monoisotopic (exact) mass is 384 g/mol. The number of nitro benzene ring substituents is 1. The van der Waals surface area contributed by atoms with E-state index in [1.54, 1.807) is 12.1 Å². The highest BCUT2D eigenvalue weighted by Gasteiger charge is 2.22. The molecule has 0 aromatic heterocycles. The maximum absolute atomic E-state index is 12.7. The molecule has 0 unspecified atom stereocenters. The summed E-state index contributed by atoms with van der Waals surface area (Å²) in [5.41, 5.74) is 2.71. The minimum absolute atomic E-state index is 0.00721. The number of amides is 1. The van der Waals surface area contributed by atoms with Gasteiger partial charge in [-0.25, -0.2) is 0 Å². The largest absolute Gasteiger partial charge is 0.339 e. The first-order valence-electron chi connectivity index (χ1n) is 9.30. The summed E-state index contributed by atoms with van der Waals surface area (Å²) < 4.78 is 0. The van der Waals surface area contributed by atoms with Crippen molar-refractivity contribution in [2.75, 3.05) is 13.1 Å². The van der Waals surface area contributed by atoms with E-state index in [9.17, 15) is 14.9 Å². The number of carbonyl (C=O) groups is 1. The molecule has 0 atom stereocenters. The molecule has 1 aliphatic rings. The third kappa shape index (κ3) is 5.10. The van der Waals surface area contributed by atoms with Crippen LogP contribution >= 0.6 is 11.8 Å². The van der Waals surface area contributed by atoms with Crippen LogP contribution in [0.5, 0.6) is 0 Å². The molecule has 1 saturated heterocycles. The van der Waals surface area contributed by atoms with E-state index in [1.165, 1.54) is 23.4 Å². The van der Waals surface area contributed by atoms with Crippen molar-refractivity contribution in [3.8, 4) is 0 Å². The number of aryl methyl sites for hydroxylation is 1. The van der Waals surface area contributed by atoms with Gasteiger partial charge in [0.15, 0.2) is 0 Å².